The number of carboxylic acid groups (broad SMARTS) is 1. The van der Waals surface area contributed by atoms with Crippen molar-refractivity contribution in [2.75, 3.05) is 18.4 Å². The monoisotopic (exact) mass is 326 g/mol. The molecule has 1 aliphatic rings. The normalized spacial score (nSPS) is 19.8. The molecule has 1 saturated carbocycles. The Morgan fingerprint density at radius 3 is 2.71 bits per heavy atom. The summed E-state index contributed by atoms with van der Waals surface area (Å²) in [6.45, 7) is 2.86. The zero-order valence-corrected chi connectivity index (χ0v) is 13.7. The van der Waals surface area contributed by atoms with Gasteiger partial charge in [-0.2, -0.15) is 0 Å². The number of aliphatic carboxylic acids is 1. The molecule has 1 aromatic heterocycles. The first-order valence-corrected chi connectivity index (χ1v) is 8.25. The van der Waals surface area contributed by atoms with Gasteiger partial charge in [0, 0.05) is 17.6 Å². The van der Waals surface area contributed by atoms with Gasteiger partial charge in [0.15, 0.2) is 0 Å². The van der Waals surface area contributed by atoms with E-state index >= 15 is 0 Å². The van der Waals surface area contributed by atoms with E-state index in [1.54, 1.807) is 12.4 Å². The van der Waals surface area contributed by atoms with Gasteiger partial charge in [-0.05, 0) is 19.4 Å². The van der Waals surface area contributed by atoms with E-state index in [4.69, 9.17) is 5.11 Å². The fourth-order valence-electron chi connectivity index (χ4n) is 3.07. The van der Waals surface area contributed by atoms with Gasteiger partial charge in [-0.1, -0.05) is 37.3 Å². The van der Waals surface area contributed by atoms with E-state index in [1.165, 1.54) is 0 Å². The Hall–Kier alpha value is -2.47. The van der Waals surface area contributed by atoms with Crippen LogP contribution >= 0.6 is 0 Å². The van der Waals surface area contributed by atoms with Crippen LogP contribution in [0.4, 0.5) is 5.82 Å². The van der Waals surface area contributed by atoms with Crippen molar-refractivity contribution in [3.8, 4) is 11.3 Å². The first-order chi connectivity index (χ1) is 11.7. The molecule has 6 heteroatoms. The summed E-state index contributed by atoms with van der Waals surface area (Å²) in [4.78, 5) is 21.8. The van der Waals surface area contributed by atoms with Crippen LogP contribution in [0, 0.1) is 0 Å². The Balaban J connectivity index is 1.58. The van der Waals surface area contributed by atoms with Crippen molar-refractivity contribution < 1.29 is 9.90 Å². The highest BCUT2D eigenvalue weighted by Crippen LogP contribution is 2.28. The van der Waals surface area contributed by atoms with Gasteiger partial charge in [0.2, 0.25) is 0 Å². The summed E-state index contributed by atoms with van der Waals surface area (Å²) in [7, 11) is 0. The number of carboxylic acids is 1. The van der Waals surface area contributed by atoms with Crippen LogP contribution < -0.4 is 5.32 Å². The lowest BCUT2D eigenvalue weighted by molar-refractivity contribution is -0.139. The summed E-state index contributed by atoms with van der Waals surface area (Å²) >= 11 is 0. The van der Waals surface area contributed by atoms with E-state index in [2.05, 4.69) is 15.3 Å². The standard InChI is InChI=1S/C18H22N4O2/c1-2-22(12-18(23)24)15-8-14(9-15)20-17-11-19-10-16(21-17)13-6-4-3-5-7-13/h3-7,10-11,14-15H,2,8-9,12H2,1H3,(H,20,21)(H,23,24). The van der Waals surface area contributed by atoms with Crippen LogP contribution in [0.1, 0.15) is 19.8 Å². The van der Waals surface area contributed by atoms with Gasteiger partial charge in [-0.15, -0.1) is 0 Å². The Morgan fingerprint density at radius 1 is 1.29 bits per heavy atom. The summed E-state index contributed by atoms with van der Waals surface area (Å²) in [6, 6.07) is 10.6. The van der Waals surface area contributed by atoms with Crippen molar-refractivity contribution in [3.05, 3.63) is 42.7 Å². The zero-order valence-electron chi connectivity index (χ0n) is 13.7. The summed E-state index contributed by atoms with van der Waals surface area (Å²) < 4.78 is 0. The van der Waals surface area contributed by atoms with Crippen LogP contribution in [0.15, 0.2) is 42.7 Å². The first kappa shape index (κ1) is 16.4. The van der Waals surface area contributed by atoms with Crippen LogP contribution in [0.2, 0.25) is 0 Å². The van der Waals surface area contributed by atoms with Crippen molar-refractivity contribution in [2.24, 2.45) is 0 Å². The molecule has 2 aromatic rings. The number of carbonyl (C=O) groups is 1. The molecular formula is C18H22N4O2. The van der Waals surface area contributed by atoms with Gasteiger partial charge < -0.3 is 10.4 Å². The van der Waals surface area contributed by atoms with Gasteiger partial charge in [-0.3, -0.25) is 14.7 Å². The molecule has 0 bridgehead atoms. The number of rotatable bonds is 7. The van der Waals surface area contributed by atoms with Gasteiger partial charge >= 0.3 is 5.97 Å². The highest BCUT2D eigenvalue weighted by molar-refractivity contribution is 5.69. The van der Waals surface area contributed by atoms with E-state index in [1.807, 2.05) is 42.2 Å². The quantitative estimate of drug-likeness (QED) is 0.814. The van der Waals surface area contributed by atoms with Gasteiger partial charge in [-0.25, -0.2) is 4.98 Å². The average Bonchev–Trinajstić information content (AvgIpc) is 2.57. The van der Waals surface area contributed by atoms with Gasteiger partial charge in [0.05, 0.1) is 24.6 Å². The van der Waals surface area contributed by atoms with Crippen molar-refractivity contribution in [3.63, 3.8) is 0 Å². The molecule has 1 aliphatic carbocycles. The number of hydrogen-bond donors (Lipinski definition) is 2. The highest BCUT2D eigenvalue weighted by Gasteiger charge is 2.33. The maximum absolute atomic E-state index is 10.9. The third-order valence-electron chi connectivity index (χ3n) is 4.43. The lowest BCUT2D eigenvalue weighted by Crippen LogP contribution is -2.51. The predicted molar refractivity (Wildman–Crippen MR) is 92.8 cm³/mol. The van der Waals surface area contributed by atoms with E-state index in [0.29, 0.717) is 12.1 Å². The van der Waals surface area contributed by atoms with E-state index < -0.39 is 5.97 Å². The molecule has 1 aromatic carbocycles. The van der Waals surface area contributed by atoms with Gasteiger partial charge in [0.1, 0.15) is 5.82 Å². The minimum absolute atomic E-state index is 0.108. The van der Waals surface area contributed by atoms with Crippen LogP contribution in [0.5, 0.6) is 0 Å². The maximum Gasteiger partial charge on any atom is 0.317 e. The molecule has 0 amide bonds. The van der Waals surface area contributed by atoms with Crippen LogP contribution in [-0.4, -0.2) is 51.1 Å². The molecule has 2 N–H and O–H groups in total. The van der Waals surface area contributed by atoms with Gasteiger partial charge in [0.25, 0.3) is 0 Å². The maximum atomic E-state index is 10.9. The van der Waals surface area contributed by atoms with Crippen molar-refractivity contribution in [1.29, 1.82) is 0 Å². The van der Waals surface area contributed by atoms with Crippen LogP contribution in [0.25, 0.3) is 11.3 Å². The summed E-state index contributed by atoms with van der Waals surface area (Å²) in [5.74, 6) is -0.00391. The Kier molecular flexibility index (Phi) is 5.05. The molecule has 0 atom stereocenters. The molecule has 0 aliphatic heterocycles. The van der Waals surface area contributed by atoms with E-state index in [9.17, 15) is 4.79 Å². The van der Waals surface area contributed by atoms with Crippen molar-refractivity contribution in [2.45, 2.75) is 31.8 Å². The van der Waals surface area contributed by atoms with E-state index in [-0.39, 0.29) is 6.54 Å². The Bertz CT molecular complexity index is 686. The molecule has 0 saturated heterocycles. The molecule has 1 heterocycles. The zero-order chi connectivity index (χ0) is 16.9. The number of nitrogens with one attached hydrogen (secondary N) is 1. The summed E-state index contributed by atoms with van der Waals surface area (Å²) in [5, 5.41) is 12.4. The highest BCUT2D eigenvalue weighted by atomic mass is 16.4. The molecule has 0 spiro atoms. The summed E-state index contributed by atoms with van der Waals surface area (Å²) in [5.41, 5.74) is 1.89. The largest absolute Gasteiger partial charge is 0.480 e. The van der Waals surface area contributed by atoms with Crippen molar-refractivity contribution in [1.82, 2.24) is 14.9 Å². The number of nitrogens with zero attached hydrogens (tertiary/aromatic N) is 3. The number of anilines is 1. The molecule has 0 radical (unpaired) electrons. The SMILES string of the molecule is CCN(CC(=O)O)C1CC(Nc2cncc(-c3ccccc3)n2)C1. The smallest absolute Gasteiger partial charge is 0.317 e. The fourth-order valence-corrected chi connectivity index (χ4v) is 3.07. The second kappa shape index (κ2) is 7.40. The van der Waals surface area contributed by atoms with Crippen LogP contribution in [-0.2, 0) is 4.79 Å². The predicted octanol–water partition coefficient (Wildman–Crippen LogP) is 2.49. The molecule has 6 nitrogen and oxygen atoms in total. The lowest BCUT2D eigenvalue weighted by Gasteiger charge is -2.42. The molecule has 0 unspecified atom stereocenters. The topological polar surface area (TPSA) is 78.4 Å². The third-order valence-corrected chi connectivity index (χ3v) is 4.43. The van der Waals surface area contributed by atoms with Crippen LogP contribution in [0.3, 0.4) is 0 Å². The number of hydrogen-bond acceptors (Lipinski definition) is 5. The molecule has 126 valence electrons. The Morgan fingerprint density at radius 2 is 2.04 bits per heavy atom. The molecule has 3 rings (SSSR count). The molecule has 1 fully saturated rings. The lowest BCUT2D eigenvalue weighted by atomic mass is 9.85. The molecule has 24 heavy (non-hydrogen) atoms. The fraction of sp³-hybridized carbons (Fsp3) is 0.389. The number of likely N-dealkylation sites (N-methyl/N-ethyl adjacent to an activating group) is 1. The molecular weight excluding hydrogens is 304 g/mol. The van der Waals surface area contributed by atoms with Crippen molar-refractivity contribution >= 4 is 11.8 Å². The third kappa shape index (κ3) is 3.89. The van der Waals surface area contributed by atoms with E-state index in [0.717, 1.165) is 36.5 Å². The second-order valence-corrected chi connectivity index (χ2v) is 6.08. The number of benzene rings is 1. The second-order valence-electron chi connectivity index (χ2n) is 6.08. The Labute approximate surface area is 141 Å². The average molecular weight is 326 g/mol. The summed E-state index contributed by atoms with van der Waals surface area (Å²) in [6.07, 6.45) is 5.35. The minimum atomic E-state index is -0.769. The first-order valence-electron chi connectivity index (χ1n) is 8.25. The number of aromatic nitrogens is 2. The minimum Gasteiger partial charge on any atom is -0.480 e.